The molecule has 7 heterocycles. The lowest BCUT2D eigenvalue weighted by Crippen LogP contribution is -2.39. The van der Waals surface area contributed by atoms with Gasteiger partial charge in [0.2, 0.25) is 11.8 Å². The zero-order valence-electron chi connectivity index (χ0n) is 38.4. The largest absolute Gasteiger partial charge is 0.489 e. The number of rotatable bonds is 12. The van der Waals surface area contributed by atoms with Crippen molar-refractivity contribution in [2.24, 2.45) is 13.0 Å². The maximum atomic E-state index is 13.6. The summed E-state index contributed by atoms with van der Waals surface area (Å²) in [5.74, 6) is -0.111. The standard InChI is InChI=1S/C53H53N9O6S/c1-59-49-39(48(58-59)40-16-18-46(63)56-51(40)65)11-6-13-43(49)61-25-19-32(29-61)28-60-23-20-33(21-24-60)35-8-4-9-37(27-35)68-31-36-15-17-45(55-47(36)52(66)67)62-26-22-34-7-5-10-38(41(34)30-62)50(64)57-53-54-42-12-2-3-14-44(42)69-53/h2-15,17,27,32-33,40H,16,18-26,28-31H2,1H3,(H,66,67)(H,54,57,64)(H,56,63,65). The maximum Gasteiger partial charge on any atom is 0.354 e. The number of nitrogens with one attached hydrogen (secondary N) is 2. The molecular weight excluding hydrogens is 891 g/mol. The Hall–Kier alpha value is -7.17. The Bertz CT molecular complexity index is 3110. The summed E-state index contributed by atoms with van der Waals surface area (Å²) in [6.45, 7) is 6.09. The second kappa shape index (κ2) is 18.7. The molecule has 3 N–H and O–H groups in total. The third-order valence-electron chi connectivity index (χ3n) is 14.4. The van der Waals surface area contributed by atoms with E-state index in [1.165, 1.54) is 16.9 Å². The highest BCUT2D eigenvalue weighted by atomic mass is 32.1. The Morgan fingerprint density at radius 1 is 0.870 bits per heavy atom. The van der Waals surface area contributed by atoms with Crippen LogP contribution < -0.4 is 25.2 Å². The summed E-state index contributed by atoms with van der Waals surface area (Å²) in [7, 11) is 1.94. The minimum Gasteiger partial charge on any atom is -0.489 e. The fraction of sp³-hybridized carbons (Fsp3) is 0.340. The molecular formula is C53H53N9O6S. The Balaban J connectivity index is 0.690. The van der Waals surface area contributed by atoms with Crippen LogP contribution in [0.25, 0.3) is 21.1 Å². The van der Waals surface area contributed by atoms with Crippen LogP contribution in [0.1, 0.15) is 92.7 Å². The van der Waals surface area contributed by atoms with Crippen LogP contribution in [-0.2, 0) is 36.2 Å². The SMILES string of the molecule is Cn1nc(C2CCC(=O)NC2=O)c2cccc(N3CCC(CN4CCC(c5cccc(OCc6ccc(N7CCc8cccc(C(=O)Nc9nc%10ccccc%10s9)c8C7)nc6C(=O)O)c5)CC4)C3)c21. The molecule has 2 unspecified atom stereocenters. The lowest BCUT2D eigenvalue weighted by atomic mass is 9.89. The average Bonchev–Trinajstić information content (AvgIpc) is 4.10. The first-order chi connectivity index (χ1) is 33.6. The predicted molar refractivity (Wildman–Crippen MR) is 265 cm³/mol. The second-order valence-electron chi connectivity index (χ2n) is 18.8. The van der Waals surface area contributed by atoms with E-state index in [1.807, 2.05) is 83.4 Å². The molecule has 3 fully saturated rings. The summed E-state index contributed by atoms with van der Waals surface area (Å²) in [5.41, 5.74) is 7.94. The third-order valence-corrected chi connectivity index (χ3v) is 15.4. The van der Waals surface area contributed by atoms with Crippen LogP contribution in [0.3, 0.4) is 0 Å². The van der Waals surface area contributed by atoms with Gasteiger partial charge in [-0.05, 0) is 122 Å². The first-order valence-electron chi connectivity index (χ1n) is 23.9. The number of hydrogen-bond donors (Lipinski definition) is 3. The van der Waals surface area contributed by atoms with Gasteiger partial charge in [-0.15, -0.1) is 0 Å². The number of anilines is 3. The van der Waals surface area contributed by atoms with E-state index >= 15 is 0 Å². The number of ether oxygens (including phenoxy) is 1. The first-order valence-corrected chi connectivity index (χ1v) is 24.7. The van der Waals surface area contributed by atoms with Crippen LogP contribution >= 0.6 is 11.3 Å². The van der Waals surface area contributed by atoms with E-state index in [2.05, 4.69) is 54.7 Å². The number of fused-ring (bicyclic) bond motifs is 3. The number of carbonyl (C=O) groups excluding carboxylic acids is 3. The molecule has 4 aliphatic rings. The van der Waals surface area contributed by atoms with Crippen molar-refractivity contribution in [2.75, 3.05) is 54.4 Å². The van der Waals surface area contributed by atoms with E-state index in [4.69, 9.17) is 9.84 Å². The minimum atomic E-state index is -1.12. The summed E-state index contributed by atoms with van der Waals surface area (Å²) in [4.78, 5) is 67.1. The Morgan fingerprint density at radius 2 is 1.71 bits per heavy atom. The summed E-state index contributed by atoms with van der Waals surface area (Å²) in [6.07, 6.45) is 4.68. The number of aromatic nitrogens is 4. The van der Waals surface area contributed by atoms with Crippen molar-refractivity contribution in [3.8, 4) is 5.75 Å². The topological polar surface area (TPSA) is 175 Å². The molecule has 4 aromatic carbocycles. The number of nitrogens with zero attached hydrogens (tertiary/aromatic N) is 7. The quantitative estimate of drug-likeness (QED) is 0.101. The summed E-state index contributed by atoms with van der Waals surface area (Å²) in [5, 5.41) is 22.1. The van der Waals surface area contributed by atoms with Crippen LogP contribution in [0.5, 0.6) is 5.75 Å². The van der Waals surface area contributed by atoms with Gasteiger partial charge in [0.25, 0.3) is 5.91 Å². The van der Waals surface area contributed by atoms with Crippen LogP contribution in [0.4, 0.5) is 16.6 Å². The van der Waals surface area contributed by atoms with Gasteiger partial charge in [0.05, 0.1) is 33.0 Å². The number of aryl methyl sites for hydroxylation is 1. The monoisotopic (exact) mass is 943 g/mol. The van der Waals surface area contributed by atoms with Gasteiger partial charge in [-0.25, -0.2) is 14.8 Å². The van der Waals surface area contributed by atoms with Gasteiger partial charge in [0.1, 0.15) is 18.2 Å². The normalized spacial score (nSPS) is 19.0. The molecule has 7 aromatic rings. The molecule has 0 bridgehead atoms. The molecule has 0 saturated carbocycles. The average molecular weight is 944 g/mol. The predicted octanol–water partition coefficient (Wildman–Crippen LogP) is 7.90. The number of likely N-dealkylation sites (tertiary alicyclic amines) is 1. The van der Waals surface area contributed by atoms with Crippen molar-refractivity contribution < 1.29 is 29.0 Å². The number of carbonyl (C=O) groups is 4. The highest BCUT2D eigenvalue weighted by molar-refractivity contribution is 7.22. The molecule has 2 atom stereocenters. The number of pyridine rings is 1. The molecule has 11 rings (SSSR count). The third kappa shape index (κ3) is 9.01. The Labute approximate surface area is 403 Å². The number of carboxylic acids is 1. The van der Waals surface area contributed by atoms with Crippen molar-refractivity contribution in [3.63, 3.8) is 0 Å². The Morgan fingerprint density at radius 3 is 2.55 bits per heavy atom. The van der Waals surface area contributed by atoms with Crippen molar-refractivity contribution >= 4 is 72.8 Å². The highest BCUT2D eigenvalue weighted by Crippen LogP contribution is 2.38. The van der Waals surface area contributed by atoms with E-state index in [1.54, 1.807) is 6.07 Å². The maximum absolute atomic E-state index is 13.6. The molecule has 15 nitrogen and oxygen atoms in total. The van der Waals surface area contributed by atoms with Gasteiger partial charge in [-0.2, -0.15) is 5.10 Å². The van der Waals surface area contributed by atoms with E-state index < -0.39 is 11.9 Å². The van der Waals surface area contributed by atoms with E-state index in [-0.39, 0.29) is 30.0 Å². The number of para-hydroxylation sites is 2. The summed E-state index contributed by atoms with van der Waals surface area (Å²) >= 11 is 1.43. The van der Waals surface area contributed by atoms with Crippen molar-refractivity contribution in [1.82, 2.24) is 30.0 Å². The zero-order chi connectivity index (χ0) is 47.2. The van der Waals surface area contributed by atoms with Crippen LogP contribution in [0.15, 0.2) is 97.1 Å². The van der Waals surface area contributed by atoms with Crippen LogP contribution in [0, 0.1) is 5.92 Å². The molecule has 0 spiro atoms. The fourth-order valence-corrected chi connectivity index (χ4v) is 11.7. The van der Waals surface area contributed by atoms with Gasteiger partial charge < -0.3 is 24.5 Å². The highest BCUT2D eigenvalue weighted by Gasteiger charge is 2.34. The minimum absolute atomic E-state index is 0.0537. The van der Waals surface area contributed by atoms with Crippen LogP contribution in [0.2, 0.25) is 0 Å². The van der Waals surface area contributed by atoms with Crippen molar-refractivity contribution in [3.05, 3.63) is 136 Å². The lowest BCUT2D eigenvalue weighted by Gasteiger charge is -2.34. The van der Waals surface area contributed by atoms with Gasteiger partial charge >= 0.3 is 5.97 Å². The molecule has 352 valence electrons. The van der Waals surface area contributed by atoms with E-state index in [0.717, 1.165) is 95.6 Å². The number of piperidine rings is 2. The van der Waals surface area contributed by atoms with Crippen molar-refractivity contribution in [2.45, 2.75) is 63.5 Å². The number of aromatic carboxylic acids is 1. The molecule has 3 saturated heterocycles. The fourth-order valence-electron chi connectivity index (χ4n) is 10.9. The molecule has 3 aromatic heterocycles. The summed E-state index contributed by atoms with van der Waals surface area (Å²) < 4.78 is 9.16. The Kier molecular flexibility index (Phi) is 12.0. The number of hydrogen-bond acceptors (Lipinski definition) is 12. The second-order valence-corrected chi connectivity index (χ2v) is 19.8. The van der Waals surface area contributed by atoms with E-state index in [0.29, 0.717) is 72.0 Å². The molecule has 16 heteroatoms. The molecule has 4 aliphatic heterocycles. The zero-order valence-corrected chi connectivity index (χ0v) is 39.2. The number of imide groups is 1. The van der Waals surface area contributed by atoms with E-state index in [9.17, 15) is 24.3 Å². The molecule has 3 amide bonds. The molecule has 0 radical (unpaired) electrons. The first kappa shape index (κ1) is 44.3. The summed E-state index contributed by atoms with van der Waals surface area (Å²) in [6, 6.07) is 31.6. The number of carboxylic acid groups (broad SMARTS) is 1. The van der Waals surface area contributed by atoms with Gasteiger partial charge in [0, 0.05) is 62.7 Å². The van der Waals surface area contributed by atoms with Gasteiger partial charge in [-0.1, -0.05) is 59.9 Å². The van der Waals surface area contributed by atoms with Crippen molar-refractivity contribution in [1.29, 1.82) is 0 Å². The lowest BCUT2D eigenvalue weighted by molar-refractivity contribution is -0.134. The number of amides is 3. The van der Waals surface area contributed by atoms with Gasteiger partial charge in [-0.3, -0.25) is 29.7 Å². The number of benzene rings is 4. The van der Waals surface area contributed by atoms with Gasteiger partial charge in [0.15, 0.2) is 10.8 Å². The smallest absolute Gasteiger partial charge is 0.354 e. The molecule has 0 aliphatic carbocycles. The van der Waals surface area contributed by atoms with Crippen LogP contribution in [-0.4, -0.2) is 92.7 Å². The number of thiazole rings is 1. The molecule has 69 heavy (non-hydrogen) atoms.